The van der Waals surface area contributed by atoms with Crippen molar-refractivity contribution < 1.29 is 54.0 Å². The van der Waals surface area contributed by atoms with Crippen molar-refractivity contribution in [3.05, 3.63) is 245 Å². The Kier molecular flexibility index (Phi) is 22.9. The van der Waals surface area contributed by atoms with Crippen molar-refractivity contribution in [1.82, 2.24) is 67.4 Å². The molecule has 3 N–H and O–H groups in total. The standard InChI is InChI=1S/C18H12F3N5.C11H7ClN4.C8H8N2.C7H5BrN2.C7H9N.C4H2Cl2N2.2Pd/c19-18(20,21)12-4-6-13(7-5-12)24-16-11-22-9-14(25-16)15-10-23-17-3-1-2-8-26(15)17;12-10-7-13-5-8(15-10)9-6-14-11-3-1-2-4-16(9)11;1-7-6-9-8-4-2-3-5-10(7)8;8-6-5-9-7-3-1-2-4-10(6)7;1-6-2-4-7(8)5-3-6;5-3-1-7-2-4(6)8-3;;/h1-11H,(H,24,25);1-7H;2-6H,1H3;1-5H;2-5H,8H2,1H3;1-2H;;. The van der Waals surface area contributed by atoms with Crippen molar-refractivity contribution >= 4 is 90.5 Å². The average molecular weight is 1380 g/mol. The van der Waals surface area contributed by atoms with Crippen LogP contribution in [0.2, 0.25) is 15.5 Å². The number of aromatic nitrogens is 14. The zero-order chi connectivity index (χ0) is 55.0. The molecule has 0 bridgehead atoms. The Hall–Kier alpha value is -7.50. The van der Waals surface area contributed by atoms with Crippen molar-refractivity contribution in [3.8, 4) is 22.8 Å². The molecule has 16 nitrogen and oxygen atoms in total. The molecule has 0 fully saturated rings. The monoisotopic (exact) mass is 1380 g/mol. The molecule has 0 radical (unpaired) electrons. The molecule has 0 atom stereocenters. The first-order chi connectivity index (χ1) is 37.7. The third-order valence-electron chi connectivity index (χ3n) is 10.7. The van der Waals surface area contributed by atoms with Crippen molar-refractivity contribution in [3.63, 3.8) is 0 Å². The Morgan fingerprint density at radius 3 is 1.39 bits per heavy atom. The second-order valence-corrected chi connectivity index (χ2v) is 18.2. The summed E-state index contributed by atoms with van der Waals surface area (Å²) in [5.74, 6) is 0.424. The van der Waals surface area contributed by atoms with Crippen LogP contribution in [0.15, 0.2) is 213 Å². The van der Waals surface area contributed by atoms with Gasteiger partial charge in [0, 0.05) is 88.9 Å². The number of hydrogen-bond acceptors (Lipinski definition) is 12. The zero-order valence-electron chi connectivity index (χ0n) is 41.7. The summed E-state index contributed by atoms with van der Waals surface area (Å²) < 4.78 is 46.7. The van der Waals surface area contributed by atoms with Gasteiger partial charge in [-0.2, -0.15) is 13.2 Å². The summed E-state index contributed by atoms with van der Waals surface area (Å²) in [6, 6.07) is 35.9. The van der Waals surface area contributed by atoms with Crippen LogP contribution in [0.25, 0.3) is 45.4 Å². The zero-order valence-corrected chi connectivity index (χ0v) is 48.7. The number of pyridine rings is 4. The Bertz CT molecular complexity index is 3920. The fourth-order valence-electron chi connectivity index (χ4n) is 7.00. The van der Waals surface area contributed by atoms with E-state index < -0.39 is 11.7 Å². The van der Waals surface area contributed by atoms with E-state index in [-0.39, 0.29) is 40.8 Å². The van der Waals surface area contributed by atoms with E-state index in [1.54, 1.807) is 31.0 Å². The van der Waals surface area contributed by atoms with E-state index in [1.165, 1.54) is 48.2 Å². The van der Waals surface area contributed by atoms with Crippen LogP contribution in [0, 0.1) is 13.8 Å². The molecule has 0 aliphatic rings. The molecule has 0 saturated heterocycles. The summed E-state index contributed by atoms with van der Waals surface area (Å²) in [6.45, 7) is 4.08. The molecule has 0 unspecified atom stereocenters. The number of imidazole rings is 4. The molecular weight excluding hydrogens is 1340 g/mol. The summed E-state index contributed by atoms with van der Waals surface area (Å²) in [5.41, 5.74) is 15.1. The number of aryl methyl sites for hydroxylation is 2. The number of halogens is 7. The van der Waals surface area contributed by atoms with Gasteiger partial charge in [0.2, 0.25) is 0 Å². The molecule has 0 aliphatic carbocycles. The second-order valence-electron chi connectivity index (χ2n) is 16.3. The van der Waals surface area contributed by atoms with E-state index in [9.17, 15) is 13.2 Å². The number of benzene rings is 2. The van der Waals surface area contributed by atoms with Gasteiger partial charge >= 0.3 is 6.18 Å². The van der Waals surface area contributed by atoms with Gasteiger partial charge in [-0.15, -0.1) is 0 Å². The minimum Gasteiger partial charge on any atom is -0.399 e. The van der Waals surface area contributed by atoms with Gasteiger partial charge in [-0.3, -0.25) is 28.2 Å². The van der Waals surface area contributed by atoms with Crippen molar-refractivity contribution in [2.75, 3.05) is 11.1 Å². The van der Waals surface area contributed by atoms with Crippen LogP contribution in [0.3, 0.4) is 0 Å². The minimum absolute atomic E-state index is 0. The van der Waals surface area contributed by atoms with Gasteiger partial charge in [-0.1, -0.05) is 76.8 Å². The smallest absolute Gasteiger partial charge is 0.399 e. The van der Waals surface area contributed by atoms with Gasteiger partial charge < -0.3 is 15.5 Å². The maximum Gasteiger partial charge on any atom is 0.416 e. The fourth-order valence-corrected chi connectivity index (χ4v) is 7.88. The molecule has 0 amide bonds. The first-order valence-electron chi connectivity index (χ1n) is 23.2. The van der Waals surface area contributed by atoms with E-state index in [1.807, 2.05) is 155 Å². The predicted octanol–water partition coefficient (Wildman–Crippen LogP) is 14.1. The Labute approximate surface area is 506 Å². The number of anilines is 3. The third kappa shape index (κ3) is 17.3. The number of fused-ring (bicyclic) bond motifs is 4. The molecule has 11 heterocycles. The summed E-state index contributed by atoms with van der Waals surface area (Å²) in [6.07, 6.45) is 19.7. The van der Waals surface area contributed by atoms with E-state index >= 15 is 0 Å². The van der Waals surface area contributed by atoms with Crippen LogP contribution in [0.5, 0.6) is 0 Å². The number of hydrogen-bond donors (Lipinski definition) is 2. The number of nitrogens with one attached hydrogen (secondary N) is 1. The SMILES string of the molecule is Brc1cnc2ccccn12.Cc1ccc(N)cc1.Cc1cnc2ccccn12.Clc1cncc(-c2cnc3ccccn23)n1.Clc1cncc(Cl)n1.FC(F)(F)c1ccc(Nc2cncc(-c3cnc4ccccn34)n2)cc1.[Pd].[Pd]. The van der Waals surface area contributed by atoms with Gasteiger partial charge in [0.05, 0.1) is 72.7 Å². The number of nitrogen functional groups attached to an aromatic ring is 1. The first kappa shape index (κ1) is 61.7. The van der Waals surface area contributed by atoms with Crippen LogP contribution >= 0.6 is 50.7 Å². The molecule has 2 aromatic carbocycles. The maximum absolute atomic E-state index is 12.6. The summed E-state index contributed by atoms with van der Waals surface area (Å²) in [7, 11) is 0. The molecular formula is C55H43BrCl3F3N16Pd2. The van der Waals surface area contributed by atoms with Crippen LogP contribution in [-0.4, -0.2) is 67.4 Å². The number of nitrogens with two attached hydrogens (primary N) is 1. The Morgan fingerprint density at radius 1 is 0.475 bits per heavy atom. The quantitative estimate of drug-likeness (QED) is 0.126. The third-order valence-corrected chi connectivity index (χ3v) is 11.8. The Morgan fingerprint density at radius 2 is 0.912 bits per heavy atom. The van der Waals surface area contributed by atoms with Crippen molar-refractivity contribution in [2.24, 2.45) is 0 Å². The maximum atomic E-state index is 12.6. The molecule has 412 valence electrons. The summed E-state index contributed by atoms with van der Waals surface area (Å²) in [5, 5.41) is 3.97. The second kappa shape index (κ2) is 29.6. The molecule has 25 heteroatoms. The number of rotatable bonds is 4. The van der Waals surface area contributed by atoms with Crippen molar-refractivity contribution in [2.45, 2.75) is 20.0 Å². The largest absolute Gasteiger partial charge is 0.416 e. The van der Waals surface area contributed by atoms with Crippen LogP contribution in [-0.2, 0) is 47.0 Å². The van der Waals surface area contributed by atoms with E-state index in [2.05, 4.69) is 75.5 Å². The number of alkyl halides is 3. The predicted molar refractivity (Wildman–Crippen MR) is 303 cm³/mol. The molecule has 80 heavy (non-hydrogen) atoms. The molecule has 13 aromatic rings. The van der Waals surface area contributed by atoms with E-state index in [0.717, 1.165) is 56.4 Å². The van der Waals surface area contributed by atoms with Crippen molar-refractivity contribution in [1.29, 1.82) is 0 Å². The molecule has 11 aromatic heterocycles. The van der Waals surface area contributed by atoms with E-state index in [0.29, 0.717) is 38.4 Å². The van der Waals surface area contributed by atoms with Crippen LogP contribution in [0.4, 0.5) is 30.4 Å². The summed E-state index contributed by atoms with van der Waals surface area (Å²) in [4.78, 5) is 41.1. The molecule has 13 rings (SSSR count). The molecule has 0 aliphatic heterocycles. The molecule has 0 spiro atoms. The number of nitrogens with zero attached hydrogens (tertiary/aromatic N) is 14. The van der Waals surface area contributed by atoms with Gasteiger partial charge in [0.15, 0.2) is 0 Å². The topological polar surface area (TPSA) is 185 Å². The van der Waals surface area contributed by atoms with E-state index in [4.69, 9.17) is 40.5 Å². The fraction of sp³-hybridized carbons (Fsp3) is 0.0545. The van der Waals surface area contributed by atoms with Crippen LogP contribution < -0.4 is 11.1 Å². The normalized spacial score (nSPS) is 10.4. The van der Waals surface area contributed by atoms with Gasteiger partial charge in [-0.05, 0) is 115 Å². The minimum atomic E-state index is -4.36. The first-order valence-corrected chi connectivity index (χ1v) is 25.1. The average Bonchev–Trinajstić information content (AvgIpc) is 4.27. The molecule has 0 saturated carbocycles. The Balaban J connectivity index is 0.000000165. The summed E-state index contributed by atoms with van der Waals surface area (Å²) >= 11 is 20.0. The van der Waals surface area contributed by atoms with Gasteiger partial charge in [0.25, 0.3) is 0 Å². The van der Waals surface area contributed by atoms with Gasteiger partial charge in [0.1, 0.15) is 59.9 Å². The van der Waals surface area contributed by atoms with Gasteiger partial charge in [-0.25, -0.2) is 34.9 Å². The van der Waals surface area contributed by atoms with Crippen LogP contribution in [0.1, 0.15) is 16.8 Å².